The first-order valence-corrected chi connectivity index (χ1v) is 8.55. The van der Waals surface area contributed by atoms with Crippen LogP contribution in [0.5, 0.6) is 0 Å². The number of nitrogens with one attached hydrogen (secondary N) is 1. The molecule has 7 heteroatoms. The minimum Gasteiger partial charge on any atom is -0.327 e. The van der Waals surface area contributed by atoms with Crippen molar-refractivity contribution in [3.63, 3.8) is 0 Å². The Hall–Kier alpha value is -3.22. The van der Waals surface area contributed by atoms with Crippen LogP contribution < -0.4 is 5.56 Å². The molecule has 0 bridgehead atoms. The number of amides is 1. The Kier molecular flexibility index (Phi) is 3.91. The quantitative estimate of drug-likeness (QED) is 0.768. The third kappa shape index (κ3) is 2.81. The Morgan fingerprint density at radius 3 is 2.69 bits per heavy atom. The molecule has 1 atom stereocenters. The van der Waals surface area contributed by atoms with Crippen molar-refractivity contribution in [1.82, 2.24) is 24.6 Å². The average molecular weight is 349 g/mol. The minimum atomic E-state index is -0.271. The summed E-state index contributed by atoms with van der Waals surface area (Å²) in [6.07, 6.45) is 0. The second-order valence-electron chi connectivity index (χ2n) is 6.47. The normalized spacial score (nSPS) is 16.4. The van der Waals surface area contributed by atoms with E-state index in [4.69, 9.17) is 0 Å². The molecule has 1 amide bonds. The molecule has 1 aromatic carbocycles. The smallest absolute Gasteiger partial charge is 0.254 e. The van der Waals surface area contributed by atoms with Gasteiger partial charge in [-0.3, -0.25) is 9.59 Å². The van der Waals surface area contributed by atoms with Crippen molar-refractivity contribution in [2.75, 3.05) is 6.54 Å². The number of rotatable bonds is 2. The van der Waals surface area contributed by atoms with Crippen molar-refractivity contribution in [1.29, 1.82) is 0 Å². The molecule has 0 spiro atoms. The zero-order chi connectivity index (χ0) is 18.3. The molecule has 0 aliphatic carbocycles. The van der Waals surface area contributed by atoms with Gasteiger partial charge in [-0.15, -0.1) is 0 Å². The molecule has 1 N–H and O–H groups in total. The fourth-order valence-corrected chi connectivity index (χ4v) is 3.32. The molecule has 0 saturated carbocycles. The van der Waals surface area contributed by atoms with E-state index in [0.717, 1.165) is 11.4 Å². The maximum Gasteiger partial charge on any atom is 0.254 e. The highest BCUT2D eigenvalue weighted by Crippen LogP contribution is 2.27. The van der Waals surface area contributed by atoms with Crippen LogP contribution >= 0.6 is 0 Å². The topological polar surface area (TPSA) is 83.9 Å². The first-order valence-electron chi connectivity index (χ1n) is 8.55. The van der Waals surface area contributed by atoms with Crippen LogP contribution in [0.25, 0.3) is 11.4 Å². The first-order chi connectivity index (χ1) is 12.5. The van der Waals surface area contributed by atoms with Gasteiger partial charge >= 0.3 is 0 Å². The van der Waals surface area contributed by atoms with Crippen molar-refractivity contribution in [3.8, 4) is 11.4 Å². The lowest BCUT2D eigenvalue weighted by Gasteiger charge is -2.33. The lowest BCUT2D eigenvalue weighted by Crippen LogP contribution is -2.41. The molecule has 3 aromatic rings. The third-order valence-electron chi connectivity index (χ3n) is 4.61. The Balaban J connectivity index is 1.65. The van der Waals surface area contributed by atoms with E-state index in [1.54, 1.807) is 17.9 Å². The standard InChI is InChI=1S/C19H19N5O2/c1-12-10-15(11-16(25)20-12)19(26)23-8-9-24-18(13(23)2)21-17(22-24)14-6-4-3-5-7-14/h3-7,10-11,13H,8-9H2,1-2H3,(H,20,25)/t13-/m0/s1. The Morgan fingerprint density at radius 2 is 1.96 bits per heavy atom. The van der Waals surface area contributed by atoms with Crippen LogP contribution in [-0.2, 0) is 6.54 Å². The maximum absolute atomic E-state index is 12.9. The van der Waals surface area contributed by atoms with Crippen molar-refractivity contribution in [3.05, 3.63) is 69.9 Å². The summed E-state index contributed by atoms with van der Waals surface area (Å²) in [4.78, 5) is 33.7. The molecule has 26 heavy (non-hydrogen) atoms. The summed E-state index contributed by atoms with van der Waals surface area (Å²) in [7, 11) is 0. The van der Waals surface area contributed by atoms with Gasteiger partial charge in [0.1, 0.15) is 5.82 Å². The largest absolute Gasteiger partial charge is 0.327 e. The van der Waals surface area contributed by atoms with Crippen LogP contribution in [0.15, 0.2) is 47.3 Å². The first kappa shape index (κ1) is 16.3. The molecular formula is C19H19N5O2. The number of fused-ring (bicyclic) bond motifs is 1. The number of nitrogens with zero attached hydrogens (tertiary/aromatic N) is 4. The molecule has 4 rings (SSSR count). The number of carbonyl (C=O) groups is 1. The summed E-state index contributed by atoms with van der Waals surface area (Å²) in [5.41, 5.74) is 1.74. The van der Waals surface area contributed by atoms with Gasteiger partial charge in [-0.2, -0.15) is 5.10 Å². The highest BCUT2D eigenvalue weighted by Gasteiger charge is 2.31. The van der Waals surface area contributed by atoms with Crippen molar-refractivity contribution >= 4 is 5.91 Å². The highest BCUT2D eigenvalue weighted by molar-refractivity contribution is 5.94. The molecule has 1 aliphatic heterocycles. The number of pyridine rings is 1. The van der Waals surface area contributed by atoms with Gasteiger partial charge in [0, 0.05) is 29.4 Å². The number of carbonyl (C=O) groups excluding carboxylic acids is 1. The van der Waals surface area contributed by atoms with Crippen molar-refractivity contribution in [2.24, 2.45) is 0 Å². The summed E-state index contributed by atoms with van der Waals surface area (Å²) < 4.78 is 1.86. The predicted molar refractivity (Wildman–Crippen MR) is 96.7 cm³/mol. The van der Waals surface area contributed by atoms with Gasteiger partial charge in [0.25, 0.3) is 5.91 Å². The van der Waals surface area contributed by atoms with E-state index in [2.05, 4.69) is 15.1 Å². The van der Waals surface area contributed by atoms with E-state index in [1.165, 1.54) is 6.07 Å². The summed E-state index contributed by atoms with van der Waals surface area (Å²) in [5.74, 6) is 1.25. The summed E-state index contributed by atoms with van der Waals surface area (Å²) in [6, 6.07) is 12.6. The van der Waals surface area contributed by atoms with Crippen LogP contribution in [0, 0.1) is 6.92 Å². The fraction of sp³-hybridized carbons (Fsp3) is 0.263. The van der Waals surface area contributed by atoms with Gasteiger partial charge in [-0.25, -0.2) is 9.67 Å². The molecule has 7 nitrogen and oxygen atoms in total. The van der Waals surface area contributed by atoms with Crippen LogP contribution in [0.2, 0.25) is 0 Å². The van der Waals surface area contributed by atoms with E-state index < -0.39 is 0 Å². The van der Waals surface area contributed by atoms with Gasteiger partial charge in [0.15, 0.2) is 5.82 Å². The second-order valence-corrected chi connectivity index (χ2v) is 6.47. The zero-order valence-electron chi connectivity index (χ0n) is 14.6. The lowest BCUT2D eigenvalue weighted by atomic mass is 10.1. The number of hydrogen-bond acceptors (Lipinski definition) is 4. The van der Waals surface area contributed by atoms with E-state index >= 15 is 0 Å². The van der Waals surface area contributed by atoms with Gasteiger partial charge in [-0.1, -0.05) is 30.3 Å². The SMILES string of the molecule is Cc1cc(C(=O)N2CCn3nc(-c4ccccc4)nc3[C@@H]2C)cc(=O)[nH]1. The van der Waals surface area contributed by atoms with Crippen LogP contribution in [0.1, 0.15) is 34.8 Å². The summed E-state index contributed by atoms with van der Waals surface area (Å²) >= 11 is 0. The Bertz CT molecular complexity index is 1020. The number of aryl methyl sites for hydroxylation is 1. The third-order valence-corrected chi connectivity index (χ3v) is 4.61. The number of aromatic amines is 1. The van der Waals surface area contributed by atoms with E-state index in [-0.39, 0.29) is 17.5 Å². The van der Waals surface area contributed by atoms with Gasteiger partial charge in [-0.05, 0) is 19.9 Å². The van der Waals surface area contributed by atoms with E-state index in [0.29, 0.717) is 30.2 Å². The molecule has 0 radical (unpaired) electrons. The maximum atomic E-state index is 12.9. The summed E-state index contributed by atoms with van der Waals surface area (Å²) in [5, 5.41) is 4.58. The number of aromatic nitrogens is 4. The predicted octanol–water partition coefficient (Wildman–Crippen LogP) is 2.16. The number of hydrogen-bond donors (Lipinski definition) is 1. The monoisotopic (exact) mass is 349 g/mol. The zero-order valence-corrected chi connectivity index (χ0v) is 14.6. The van der Waals surface area contributed by atoms with E-state index in [9.17, 15) is 9.59 Å². The number of H-pyrrole nitrogens is 1. The van der Waals surface area contributed by atoms with Crippen molar-refractivity contribution in [2.45, 2.75) is 26.4 Å². The van der Waals surface area contributed by atoms with Crippen LogP contribution in [0.4, 0.5) is 0 Å². The molecule has 0 saturated heterocycles. The Morgan fingerprint density at radius 1 is 1.19 bits per heavy atom. The van der Waals surface area contributed by atoms with Gasteiger partial charge in [0.2, 0.25) is 5.56 Å². The molecular weight excluding hydrogens is 330 g/mol. The molecule has 0 fully saturated rings. The van der Waals surface area contributed by atoms with Crippen molar-refractivity contribution < 1.29 is 4.79 Å². The van der Waals surface area contributed by atoms with Gasteiger partial charge < -0.3 is 9.88 Å². The Labute approximate surface area is 150 Å². The molecule has 132 valence electrons. The average Bonchev–Trinajstić information content (AvgIpc) is 3.07. The van der Waals surface area contributed by atoms with Crippen LogP contribution in [0.3, 0.4) is 0 Å². The summed E-state index contributed by atoms with van der Waals surface area (Å²) in [6.45, 7) is 4.80. The lowest BCUT2D eigenvalue weighted by molar-refractivity contribution is 0.0630. The van der Waals surface area contributed by atoms with Gasteiger partial charge in [0.05, 0.1) is 12.6 Å². The van der Waals surface area contributed by atoms with E-state index in [1.807, 2.05) is 41.9 Å². The molecule has 0 unspecified atom stereocenters. The number of benzene rings is 1. The highest BCUT2D eigenvalue weighted by atomic mass is 16.2. The fourth-order valence-electron chi connectivity index (χ4n) is 3.32. The molecule has 1 aliphatic rings. The molecule has 2 aromatic heterocycles. The molecule has 3 heterocycles. The second kappa shape index (κ2) is 6.25. The minimum absolute atomic E-state index is 0.165. The van der Waals surface area contributed by atoms with Crippen LogP contribution in [-0.4, -0.2) is 37.1 Å².